The minimum Gasteiger partial charge on any atom is -0.427 e. The zero-order chi connectivity index (χ0) is 11.1. The first-order chi connectivity index (χ1) is 7.02. The molecule has 7 heteroatoms. The molecule has 0 aliphatic carbocycles. The van der Waals surface area contributed by atoms with Crippen LogP contribution in [0.15, 0.2) is 27.8 Å². The molecule has 0 saturated heterocycles. The molecule has 0 saturated carbocycles. The van der Waals surface area contributed by atoms with Crippen LogP contribution in [-0.2, 0) is 15.4 Å². The monoisotopic (exact) mass is 290 g/mol. The Bertz CT molecular complexity index is 605. The molecular formula is C8H7BrN2O3S. The third-order valence-corrected chi connectivity index (χ3v) is 3.13. The summed E-state index contributed by atoms with van der Waals surface area (Å²) in [6.45, 7) is 0. The number of fused-ring (bicyclic) bond motifs is 1. The predicted molar refractivity (Wildman–Crippen MR) is 58.0 cm³/mol. The lowest BCUT2D eigenvalue weighted by atomic mass is 10.2. The minimum absolute atomic E-state index is 0.443. The first kappa shape index (κ1) is 10.6. The van der Waals surface area contributed by atoms with E-state index in [1.54, 1.807) is 12.1 Å². The maximum Gasteiger partial charge on any atom is 0.331 e. The van der Waals surface area contributed by atoms with E-state index in [2.05, 4.69) is 20.9 Å². The molecule has 0 atom stereocenters. The average molecular weight is 291 g/mol. The van der Waals surface area contributed by atoms with Crippen LogP contribution in [0.5, 0.6) is 0 Å². The third-order valence-electron chi connectivity index (χ3n) is 1.86. The van der Waals surface area contributed by atoms with Gasteiger partial charge < -0.3 is 4.42 Å². The molecule has 0 aliphatic rings. The summed E-state index contributed by atoms with van der Waals surface area (Å²) < 4.78 is 27.1. The zero-order valence-corrected chi connectivity index (χ0v) is 9.88. The fraction of sp³-hybridized carbons (Fsp3) is 0.125. The van der Waals surface area contributed by atoms with E-state index in [1.807, 2.05) is 6.07 Å². The molecule has 1 aromatic carbocycles. The number of nitrogens with two attached hydrogens (primary N) is 1. The molecule has 2 aromatic rings. The summed E-state index contributed by atoms with van der Waals surface area (Å²) in [6.07, 6.45) is 0. The van der Waals surface area contributed by atoms with Crippen molar-refractivity contribution >= 4 is 37.1 Å². The second-order valence-electron chi connectivity index (χ2n) is 2.92. The average Bonchev–Trinajstić information content (AvgIpc) is 2.59. The van der Waals surface area contributed by atoms with Crippen LogP contribution in [0, 0.1) is 0 Å². The Morgan fingerprint density at radius 3 is 2.80 bits per heavy atom. The van der Waals surface area contributed by atoms with Gasteiger partial charge in [-0.05, 0) is 6.07 Å². The molecule has 15 heavy (non-hydrogen) atoms. The number of primary sulfonamides is 1. The van der Waals surface area contributed by atoms with Gasteiger partial charge in [-0.25, -0.2) is 13.6 Å². The molecule has 1 aromatic heterocycles. The molecule has 0 fully saturated rings. The van der Waals surface area contributed by atoms with Crippen LogP contribution < -0.4 is 5.14 Å². The second-order valence-corrected chi connectivity index (χ2v) is 4.92. The molecule has 0 amide bonds. The van der Waals surface area contributed by atoms with Gasteiger partial charge in [-0.2, -0.15) is 4.98 Å². The highest BCUT2D eigenvalue weighted by Crippen LogP contribution is 2.23. The van der Waals surface area contributed by atoms with Crippen molar-refractivity contribution in [3.05, 3.63) is 23.8 Å². The number of nitrogens with zero attached hydrogens (tertiary/aromatic N) is 1. The van der Waals surface area contributed by atoms with Crippen LogP contribution >= 0.6 is 15.9 Å². The number of para-hydroxylation sites is 1. The van der Waals surface area contributed by atoms with Crippen molar-refractivity contribution in [2.75, 3.05) is 0 Å². The van der Waals surface area contributed by atoms with E-state index in [9.17, 15) is 8.42 Å². The summed E-state index contributed by atoms with van der Waals surface area (Å²) in [5.41, 5.74) is 1.75. The Hall–Kier alpha value is -0.920. The highest BCUT2D eigenvalue weighted by molar-refractivity contribution is 9.08. The van der Waals surface area contributed by atoms with Gasteiger partial charge in [-0.3, -0.25) is 0 Å². The minimum atomic E-state index is -3.88. The second kappa shape index (κ2) is 3.58. The summed E-state index contributed by atoms with van der Waals surface area (Å²) in [5, 5.41) is 5.02. The van der Waals surface area contributed by atoms with Gasteiger partial charge >= 0.3 is 5.22 Å². The molecule has 0 unspecified atom stereocenters. The van der Waals surface area contributed by atoms with Gasteiger partial charge in [0.05, 0.1) is 0 Å². The van der Waals surface area contributed by atoms with Gasteiger partial charge in [0.1, 0.15) is 5.52 Å². The molecule has 0 aliphatic heterocycles. The number of hydrogen-bond acceptors (Lipinski definition) is 4. The quantitative estimate of drug-likeness (QED) is 0.847. The number of alkyl halides is 1. The summed E-state index contributed by atoms with van der Waals surface area (Å²) in [5.74, 6) is 0. The van der Waals surface area contributed by atoms with Crippen LogP contribution in [0.25, 0.3) is 11.1 Å². The van der Waals surface area contributed by atoms with Gasteiger partial charge in [0, 0.05) is 10.9 Å². The lowest BCUT2D eigenvalue weighted by molar-refractivity contribution is 0.457. The van der Waals surface area contributed by atoms with Gasteiger partial charge in [-0.15, -0.1) is 0 Å². The fourth-order valence-corrected chi connectivity index (χ4v) is 2.08. The van der Waals surface area contributed by atoms with E-state index in [0.717, 1.165) is 5.56 Å². The largest absolute Gasteiger partial charge is 0.427 e. The van der Waals surface area contributed by atoms with Crippen LogP contribution in [0.3, 0.4) is 0 Å². The van der Waals surface area contributed by atoms with E-state index >= 15 is 0 Å². The number of sulfonamides is 1. The number of oxazole rings is 1. The molecule has 80 valence electrons. The summed E-state index contributed by atoms with van der Waals surface area (Å²) in [4.78, 5) is 3.79. The van der Waals surface area contributed by atoms with Crippen LogP contribution in [0.4, 0.5) is 0 Å². The standard InChI is InChI=1S/C8H7BrN2O3S/c9-4-5-2-1-3-6-7(5)14-8(11-6)15(10,12)13/h1-3H,4H2,(H2,10,12,13). The highest BCUT2D eigenvalue weighted by atomic mass is 79.9. The Balaban J connectivity index is 2.76. The molecule has 0 radical (unpaired) electrons. The van der Waals surface area contributed by atoms with E-state index in [-0.39, 0.29) is 0 Å². The number of hydrogen-bond donors (Lipinski definition) is 1. The molecule has 0 bridgehead atoms. The van der Waals surface area contributed by atoms with Crippen molar-refractivity contribution in [2.45, 2.75) is 10.6 Å². The Labute approximate surface area is 94.5 Å². The predicted octanol–water partition coefficient (Wildman–Crippen LogP) is 1.37. The van der Waals surface area contributed by atoms with Crippen LogP contribution in [0.2, 0.25) is 0 Å². The van der Waals surface area contributed by atoms with Crippen molar-refractivity contribution in [2.24, 2.45) is 5.14 Å². The van der Waals surface area contributed by atoms with Crippen LogP contribution in [0.1, 0.15) is 5.56 Å². The molecule has 1 heterocycles. The molecule has 2 N–H and O–H groups in total. The van der Waals surface area contributed by atoms with E-state index in [0.29, 0.717) is 16.4 Å². The smallest absolute Gasteiger partial charge is 0.331 e. The van der Waals surface area contributed by atoms with E-state index < -0.39 is 15.2 Å². The maximum absolute atomic E-state index is 11.0. The molecular weight excluding hydrogens is 284 g/mol. The number of aromatic nitrogens is 1. The summed E-state index contributed by atoms with van der Waals surface area (Å²) in [6, 6.07) is 5.25. The molecule has 2 rings (SSSR count). The van der Waals surface area contributed by atoms with Gasteiger partial charge in [0.15, 0.2) is 5.58 Å². The van der Waals surface area contributed by atoms with Crippen molar-refractivity contribution in [1.29, 1.82) is 0 Å². The molecule has 0 spiro atoms. The first-order valence-corrected chi connectivity index (χ1v) is 6.66. The molecule has 5 nitrogen and oxygen atoms in total. The maximum atomic E-state index is 11.0. The van der Waals surface area contributed by atoms with Crippen molar-refractivity contribution in [3.8, 4) is 0 Å². The van der Waals surface area contributed by atoms with Crippen molar-refractivity contribution in [1.82, 2.24) is 4.98 Å². The lowest BCUT2D eigenvalue weighted by Crippen LogP contribution is -2.12. The topological polar surface area (TPSA) is 86.2 Å². The Kier molecular flexibility index (Phi) is 2.53. The third kappa shape index (κ3) is 1.90. The van der Waals surface area contributed by atoms with Crippen LogP contribution in [-0.4, -0.2) is 13.4 Å². The van der Waals surface area contributed by atoms with Crippen molar-refractivity contribution in [3.63, 3.8) is 0 Å². The number of benzene rings is 1. The summed E-state index contributed by atoms with van der Waals surface area (Å²) >= 11 is 3.27. The summed E-state index contributed by atoms with van der Waals surface area (Å²) in [7, 11) is -3.88. The highest BCUT2D eigenvalue weighted by Gasteiger charge is 2.17. The zero-order valence-electron chi connectivity index (χ0n) is 7.47. The number of halogens is 1. The van der Waals surface area contributed by atoms with Gasteiger partial charge in [0.2, 0.25) is 0 Å². The first-order valence-electron chi connectivity index (χ1n) is 3.99. The van der Waals surface area contributed by atoms with Gasteiger partial charge in [-0.1, -0.05) is 28.1 Å². The Morgan fingerprint density at radius 1 is 1.47 bits per heavy atom. The lowest BCUT2D eigenvalue weighted by Gasteiger charge is -1.93. The van der Waals surface area contributed by atoms with E-state index in [1.165, 1.54) is 0 Å². The van der Waals surface area contributed by atoms with Crippen molar-refractivity contribution < 1.29 is 12.8 Å². The van der Waals surface area contributed by atoms with E-state index in [4.69, 9.17) is 9.56 Å². The normalized spacial score (nSPS) is 12.1. The fourth-order valence-electron chi connectivity index (χ4n) is 1.21. The number of rotatable bonds is 2. The Morgan fingerprint density at radius 2 is 2.20 bits per heavy atom. The van der Waals surface area contributed by atoms with Gasteiger partial charge in [0.25, 0.3) is 10.0 Å². The SMILES string of the molecule is NS(=O)(=O)c1nc2cccc(CBr)c2o1.